The first-order chi connectivity index (χ1) is 12.8. The summed E-state index contributed by atoms with van der Waals surface area (Å²) in [6, 6.07) is 11.4. The second kappa shape index (κ2) is 8.98. The molecule has 0 atom stereocenters. The molecule has 0 heterocycles. The number of amides is 2. The van der Waals surface area contributed by atoms with Gasteiger partial charge in [0.2, 0.25) is 5.91 Å². The van der Waals surface area contributed by atoms with Gasteiger partial charge in [-0.25, -0.2) is 0 Å². The topological polar surface area (TPSA) is 67.9 Å². The third-order valence-corrected chi connectivity index (χ3v) is 3.70. The van der Waals surface area contributed by atoms with Crippen molar-refractivity contribution in [3.05, 3.63) is 53.6 Å². The first-order valence-corrected chi connectivity index (χ1v) is 8.05. The van der Waals surface area contributed by atoms with Gasteiger partial charge < -0.3 is 19.7 Å². The van der Waals surface area contributed by atoms with Crippen molar-refractivity contribution in [3.8, 4) is 11.5 Å². The number of methoxy groups -OCH3 is 1. The molecular weight excluding hydrogens is 358 g/mol. The Morgan fingerprint density at radius 2 is 1.81 bits per heavy atom. The third kappa shape index (κ3) is 5.40. The largest absolute Gasteiger partial charge is 0.493 e. The van der Waals surface area contributed by atoms with E-state index in [0.29, 0.717) is 5.69 Å². The van der Waals surface area contributed by atoms with Crippen LogP contribution < -0.4 is 14.8 Å². The molecule has 0 spiro atoms. The van der Waals surface area contributed by atoms with E-state index in [4.69, 9.17) is 4.74 Å². The van der Waals surface area contributed by atoms with E-state index < -0.39 is 18.4 Å². The number of hydrogen-bond acceptors (Lipinski definition) is 4. The molecule has 2 aromatic carbocycles. The van der Waals surface area contributed by atoms with E-state index in [1.807, 2.05) is 19.1 Å². The average molecular weight is 378 g/mol. The minimum absolute atomic E-state index is 0.00124. The average Bonchev–Trinajstić information content (AvgIpc) is 2.62. The van der Waals surface area contributed by atoms with Gasteiger partial charge in [0, 0.05) is 12.7 Å². The molecule has 2 aromatic rings. The van der Waals surface area contributed by atoms with Crippen molar-refractivity contribution in [3.63, 3.8) is 0 Å². The van der Waals surface area contributed by atoms with E-state index in [0.717, 1.165) is 10.5 Å². The lowest BCUT2D eigenvalue weighted by atomic mass is 10.1. The first kappa shape index (κ1) is 20.2. The third-order valence-electron chi connectivity index (χ3n) is 3.70. The summed E-state index contributed by atoms with van der Waals surface area (Å²) >= 11 is 0. The quantitative estimate of drug-likeness (QED) is 0.803. The number of likely N-dealkylation sites (N-methyl/N-ethyl adjacent to an activating group) is 1. The molecule has 0 aliphatic carbocycles. The number of nitrogens with one attached hydrogen (secondary N) is 1. The summed E-state index contributed by atoms with van der Waals surface area (Å²) in [4.78, 5) is 25.9. The lowest BCUT2D eigenvalue weighted by Gasteiger charge is -2.20. The Hall–Kier alpha value is -3.16. The van der Waals surface area contributed by atoms with Crippen molar-refractivity contribution in [1.82, 2.24) is 4.90 Å². The number of benzene rings is 2. The number of para-hydroxylation sites is 1. The number of ether oxygens (including phenoxy) is 2. The van der Waals surface area contributed by atoms with Gasteiger partial charge in [-0.2, -0.15) is 8.78 Å². The van der Waals surface area contributed by atoms with E-state index in [1.54, 1.807) is 12.1 Å². The van der Waals surface area contributed by atoms with Crippen molar-refractivity contribution in [2.45, 2.75) is 13.5 Å². The van der Waals surface area contributed by atoms with Gasteiger partial charge in [0.25, 0.3) is 5.91 Å². The van der Waals surface area contributed by atoms with Gasteiger partial charge in [-0.05, 0) is 31.2 Å². The van der Waals surface area contributed by atoms with Crippen LogP contribution in [0.25, 0.3) is 0 Å². The molecule has 6 nitrogen and oxygen atoms in total. The minimum atomic E-state index is -3.12. The summed E-state index contributed by atoms with van der Waals surface area (Å²) in [6.07, 6.45) is 0. The van der Waals surface area contributed by atoms with Crippen LogP contribution in [0.3, 0.4) is 0 Å². The van der Waals surface area contributed by atoms with E-state index in [9.17, 15) is 18.4 Å². The standard InChI is InChI=1S/C19H20F2N2O4/c1-12-7-9-13(10-8-12)22-16(24)11-23(2)18(25)14-5-4-6-15(26-3)17(14)27-19(20)21/h4-10,19H,11H2,1-3H3,(H,22,24). The molecule has 0 aliphatic rings. The monoisotopic (exact) mass is 378 g/mol. The molecule has 1 N–H and O–H groups in total. The van der Waals surface area contributed by atoms with Crippen LogP contribution in [-0.4, -0.2) is 44.0 Å². The van der Waals surface area contributed by atoms with Gasteiger partial charge in [0.15, 0.2) is 11.5 Å². The maximum absolute atomic E-state index is 12.7. The fourth-order valence-corrected chi connectivity index (χ4v) is 2.39. The Kier molecular flexibility index (Phi) is 6.70. The highest BCUT2D eigenvalue weighted by atomic mass is 19.3. The predicted molar refractivity (Wildman–Crippen MR) is 96.4 cm³/mol. The van der Waals surface area contributed by atoms with E-state index in [1.165, 1.54) is 32.4 Å². The number of rotatable bonds is 7. The van der Waals surface area contributed by atoms with Gasteiger partial charge in [0.05, 0.1) is 19.2 Å². The normalized spacial score (nSPS) is 10.4. The molecule has 8 heteroatoms. The van der Waals surface area contributed by atoms with Crippen LogP contribution in [0, 0.1) is 6.92 Å². The Labute approximate surface area is 155 Å². The summed E-state index contributed by atoms with van der Waals surface area (Å²) in [7, 11) is 2.67. The van der Waals surface area contributed by atoms with Crippen LogP contribution in [0.2, 0.25) is 0 Å². The van der Waals surface area contributed by atoms with Crippen molar-refractivity contribution in [2.75, 3.05) is 26.0 Å². The van der Waals surface area contributed by atoms with Crippen LogP contribution in [0.4, 0.5) is 14.5 Å². The summed E-state index contributed by atoms with van der Waals surface area (Å²) in [6.45, 7) is -1.47. The van der Waals surface area contributed by atoms with Crippen LogP contribution in [0.1, 0.15) is 15.9 Å². The molecular formula is C19H20F2N2O4. The van der Waals surface area contributed by atoms with Gasteiger partial charge in [-0.15, -0.1) is 0 Å². The number of nitrogens with zero attached hydrogens (tertiary/aromatic N) is 1. The van der Waals surface area contributed by atoms with Gasteiger partial charge in [-0.3, -0.25) is 9.59 Å². The minimum Gasteiger partial charge on any atom is -0.493 e. The maximum atomic E-state index is 12.7. The molecule has 0 aliphatic heterocycles. The lowest BCUT2D eigenvalue weighted by molar-refractivity contribution is -0.116. The van der Waals surface area contributed by atoms with Gasteiger partial charge >= 0.3 is 6.61 Å². The number of hydrogen-bond donors (Lipinski definition) is 1. The maximum Gasteiger partial charge on any atom is 0.387 e. The zero-order chi connectivity index (χ0) is 20.0. The number of aryl methyl sites for hydroxylation is 1. The Bertz CT molecular complexity index is 810. The number of anilines is 1. The Morgan fingerprint density at radius 1 is 1.15 bits per heavy atom. The zero-order valence-corrected chi connectivity index (χ0v) is 15.2. The number of carbonyl (C=O) groups is 2. The van der Waals surface area contributed by atoms with Gasteiger partial charge in [0.1, 0.15) is 0 Å². The molecule has 2 amide bonds. The Balaban J connectivity index is 2.12. The second-order valence-electron chi connectivity index (χ2n) is 5.79. The van der Waals surface area contributed by atoms with E-state index >= 15 is 0 Å². The Morgan fingerprint density at radius 3 is 2.41 bits per heavy atom. The second-order valence-corrected chi connectivity index (χ2v) is 5.79. The molecule has 0 saturated carbocycles. The summed E-state index contributed by atoms with van der Waals surface area (Å²) in [5, 5.41) is 2.67. The van der Waals surface area contributed by atoms with Crippen molar-refractivity contribution in [2.24, 2.45) is 0 Å². The predicted octanol–water partition coefficient (Wildman–Crippen LogP) is 3.32. The fourth-order valence-electron chi connectivity index (χ4n) is 2.39. The molecule has 0 bridgehead atoms. The molecule has 0 aromatic heterocycles. The summed E-state index contributed by atoms with van der Waals surface area (Å²) < 4.78 is 34.8. The van der Waals surface area contributed by atoms with Crippen LogP contribution in [0.15, 0.2) is 42.5 Å². The lowest BCUT2D eigenvalue weighted by Crippen LogP contribution is -2.35. The SMILES string of the molecule is COc1cccc(C(=O)N(C)CC(=O)Nc2ccc(C)cc2)c1OC(F)F. The molecule has 144 valence electrons. The summed E-state index contributed by atoms with van der Waals surface area (Å²) in [5.74, 6) is -1.44. The molecule has 27 heavy (non-hydrogen) atoms. The fraction of sp³-hybridized carbons (Fsp3) is 0.263. The van der Waals surface area contributed by atoms with Crippen molar-refractivity contribution in [1.29, 1.82) is 0 Å². The van der Waals surface area contributed by atoms with Crippen LogP contribution >= 0.6 is 0 Å². The highest BCUT2D eigenvalue weighted by molar-refractivity contribution is 6.01. The highest BCUT2D eigenvalue weighted by Crippen LogP contribution is 2.33. The van der Waals surface area contributed by atoms with Crippen molar-refractivity contribution < 1.29 is 27.8 Å². The van der Waals surface area contributed by atoms with Gasteiger partial charge in [-0.1, -0.05) is 23.8 Å². The molecule has 0 unspecified atom stereocenters. The van der Waals surface area contributed by atoms with E-state index in [-0.39, 0.29) is 23.6 Å². The first-order valence-electron chi connectivity index (χ1n) is 8.05. The highest BCUT2D eigenvalue weighted by Gasteiger charge is 2.23. The number of carbonyl (C=O) groups excluding carboxylic acids is 2. The number of halogens is 2. The van der Waals surface area contributed by atoms with E-state index in [2.05, 4.69) is 10.1 Å². The molecule has 0 fully saturated rings. The smallest absolute Gasteiger partial charge is 0.387 e. The summed E-state index contributed by atoms with van der Waals surface area (Å²) in [5.41, 5.74) is 1.51. The zero-order valence-electron chi connectivity index (χ0n) is 15.2. The molecule has 0 saturated heterocycles. The van der Waals surface area contributed by atoms with Crippen molar-refractivity contribution >= 4 is 17.5 Å². The van der Waals surface area contributed by atoms with Crippen LogP contribution in [0.5, 0.6) is 11.5 Å². The van der Waals surface area contributed by atoms with Crippen LogP contribution in [-0.2, 0) is 4.79 Å². The number of alkyl halides is 2. The molecule has 2 rings (SSSR count). The molecule has 0 radical (unpaired) electrons.